The third-order valence-electron chi connectivity index (χ3n) is 3.99. The number of para-hydroxylation sites is 1. The van der Waals surface area contributed by atoms with Gasteiger partial charge in [0.05, 0.1) is 17.5 Å². The third kappa shape index (κ3) is 2.51. The summed E-state index contributed by atoms with van der Waals surface area (Å²) in [5.74, 6) is -0.305. The van der Waals surface area contributed by atoms with Crippen LogP contribution >= 0.6 is 0 Å². The number of pyridine rings is 1. The first-order chi connectivity index (χ1) is 9.75. The molecular weight excluding hydrogens is 252 g/mol. The minimum Gasteiger partial charge on any atom is -0.392 e. The molecule has 4 nitrogen and oxygen atoms in total. The number of carbonyl (C=O) groups is 1. The van der Waals surface area contributed by atoms with E-state index < -0.39 is 6.10 Å². The minimum atomic E-state index is -0.486. The Hall–Kier alpha value is -1.94. The van der Waals surface area contributed by atoms with E-state index in [0.29, 0.717) is 6.54 Å². The second kappa shape index (κ2) is 5.59. The van der Waals surface area contributed by atoms with Crippen molar-refractivity contribution in [1.29, 1.82) is 0 Å². The molecule has 1 fully saturated rings. The Morgan fingerprint density at radius 2 is 2.15 bits per heavy atom. The molecule has 2 aromatic rings. The second-order valence-corrected chi connectivity index (χ2v) is 5.31. The summed E-state index contributed by atoms with van der Waals surface area (Å²) in [6, 6.07) is 9.86. The van der Waals surface area contributed by atoms with Crippen molar-refractivity contribution in [3.8, 4) is 0 Å². The molecule has 0 spiro atoms. The highest BCUT2D eigenvalue weighted by molar-refractivity contribution is 5.83. The van der Waals surface area contributed by atoms with Crippen molar-refractivity contribution in [2.45, 2.75) is 31.9 Å². The third-order valence-corrected chi connectivity index (χ3v) is 3.99. The Kier molecular flexibility index (Phi) is 3.65. The first-order valence-electron chi connectivity index (χ1n) is 7.04. The molecular formula is C16H18N2O2. The van der Waals surface area contributed by atoms with E-state index in [-0.39, 0.29) is 11.8 Å². The van der Waals surface area contributed by atoms with Crippen LogP contribution in [0.2, 0.25) is 0 Å². The molecule has 1 aromatic heterocycles. The van der Waals surface area contributed by atoms with Gasteiger partial charge in [-0.25, -0.2) is 0 Å². The number of aliphatic hydroxyl groups excluding tert-OH is 1. The number of carbonyl (C=O) groups excluding carboxylic acids is 1. The number of nitrogens with one attached hydrogen (secondary N) is 1. The number of hydrogen-bond donors (Lipinski definition) is 2. The highest BCUT2D eigenvalue weighted by Crippen LogP contribution is 2.25. The fraction of sp³-hybridized carbons (Fsp3) is 0.375. The Balaban J connectivity index is 1.72. The van der Waals surface area contributed by atoms with Crippen LogP contribution in [0.25, 0.3) is 10.9 Å². The normalized spacial score (nSPS) is 22.1. The number of hydrogen-bond acceptors (Lipinski definition) is 3. The van der Waals surface area contributed by atoms with Crippen molar-refractivity contribution in [2.24, 2.45) is 5.92 Å². The molecule has 0 radical (unpaired) electrons. The summed E-state index contributed by atoms with van der Waals surface area (Å²) in [5.41, 5.74) is 1.92. The summed E-state index contributed by atoms with van der Waals surface area (Å²) in [6.07, 6.45) is 3.71. The summed E-state index contributed by atoms with van der Waals surface area (Å²) in [4.78, 5) is 16.4. The van der Waals surface area contributed by atoms with Crippen LogP contribution in [0.5, 0.6) is 0 Å². The average Bonchev–Trinajstić information content (AvgIpc) is 2.91. The monoisotopic (exact) mass is 270 g/mol. The molecule has 104 valence electrons. The smallest absolute Gasteiger partial charge is 0.225 e. The van der Waals surface area contributed by atoms with Crippen LogP contribution in [0, 0.1) is 5.92 Å². The minimum absolute atomic E-state index is 0.0528. The number of amides is 1. The van der Waals surface area contributed by atoms with Crippen molar-refractivity contribution >= 4 is 16.8 Å². The zero-order valence-electron chi connectivity index (χ0n) is 11.2. The number of nitrogens with zero attached hydrogens (tertiary/aromatic N) is 1. The van der Waals surface area contributed by atoms with Crippen molar-refractivity contribution in [1.82, 2.24) is 10.3 Å². The van der Waals surface area contributed by atoms with Gasteiger partial charge in [0.15, 0.2) is 0 Å². The Morgan fingerprint density at radius 3 is 2.95 bits per heavy atom. The van der Waals surface area contributed by atoms with E-state index in [1.807, 2.05) is 30.3 Å². The fourth-order valence-electron chi connectivity index (χ4n) is 2.87. The Morgan fingerprint density at radius 1 is 1.30 bits per heavy atom. The van der Waals surface area contributed by atoms with Gasteiger partial charge in [0.25, 0.3) is 0 Å². The molecule has 4 heteroatoms. The van der Waals surface area contributed by atoms with E-state index in [9.17, 15) is 9.90 Å². The lowest BCUT2D eigenvalue weighted by atomic mass is 10.0. The SMILES string of the molecule is O=C(NCc1cccc2cccnc12)C1CCCC1O. The zero-order chi connectivity index (χ0) is 13.9. The molecule has 2 unspecified atom stereocenters. The summed E-state index contributed by atoms with van der Waals surface area (Å²) < 4.78 is 0. The molecule has 20 heavy (non-hydrogen) atoms. The predicted octanol–water partition coefficient (Wildman–Crippen LogP) is 2.01. The summed E-state index contributed by atoms with van der Waals surface area (Å²) in [6.45, 7) is 0.455. The first kappa shape index (κ1) is 13.1. The molecule has 1 amide bonds. The highest BCUT2D eigenvalue weighted by Gasteiger charge is 2.31. The number of aromatic nitrogens is 1. The molecule has 0 bridgehead atoms. The zero-order valence-corrected chi connectivity index (χ0v) is 11.2. The van der Waals surface area contributed by atoms with E-state index in [0.717, 1.165) is 35.7 Å². The lowest BCUT2D eigenvalue weighted by molar-refractivity contribution is -0.127. The van der Waals surface area contributed by atoms with E-state index in [1.165, 1.54) is 0 Å². The molecule has 0 saturated heterocycles. The highest BCUT2D eigenvalue weighted by atomic mass is 16.3. The topological polar surface area (TPSA) is 62.2 Å². The number of aliphatic hydroxyl groups is 1. The predicted molar refractivity (Wildman–Crippen MR) is 76.9 cm³/mol. The van der Waals surface area contributed by atoms with Gasteiger partial charge in [-0.2, -0.15) is 0 Å². The molecule has 2 atom stereocenters. The van der Waals surface area contributed by atoms with Crippen LogP contribution in [0.15, 0.2) is 36.5 Å². The van der Waals surface area contributed by atoms with Gasteiger partial charge in [-0.05, 0) is 30.9 Å². The lowest BCUT2D eigenvalue weighted by Gasteiger charge is -2.14. The van der Waals surface area contributed by atoms with Gasteiger partial charge in [-0.3, -0.25) is 9.78 Å². The van der Waals surface area contributed by atoms with Gasteiger partial charge in [-0.1, -0.05) is 24.3 Å². The van der Waals surface area contributed by atoms with Crippen molar-refractivity contribution in [3.05, 3.63) is 42.1 Å². The lowest BCUT2D eigenvalue weighted by Crippen LogP contribution is -2.34. The van der Waals surface area contributed by atoms with Gasteiger partial charge in [0.1, 0.15) is 0 Å². The van der Waals surface area contributed by atoms with Gasteiger partial charge >= 0.3 is 0 Å². The first-order valence-corrected chi connectivity index (χ1v) is 7.04. The molecule has 1 aromatic carbocycles. The van der Waals surface area contributed by atoms with E-state index in [1.54, 1.807) is 6.20 Å². The van der Waals surface area contributed by atoms with E-state index >= 15 is 0 Å². The summed E-state index contributed by atoms with van der Waals surface area (Å²) in [7, 11) is 0. The van der Waals surface area contributed by atoms with E-state index in [4.69, 9.17) is 0 Å². The number of benzene rings is 1. The van der Waals surface area contributed by atoms with Crippen molar-refractivity contribution in [2.75, 3.05) is 0 Å². The van der Waals surface area contributed by atoms with Gasteiger partial charge in [0.2, 0.25) is 5.91 Å². The van der Waals surface area contributed by atoms with Crippen LogP contribution in [-0.4, -0.2) is 22.1 Å². The van der Waals surface area contributed by atoms with E-state index in [2.05, 4.69) is 10.3 Å². The van der Waals surface area contributed by atoms with Gasteiger partial charge in [-0.15, -0.1) is 0 Å². The fourth-order valence-corrected chi connectivity index (χ4v) is 2.87. The quantitative estimate of drug-likeness (QED) is 0.897. The Bertz CT molecular complexity index is 621. The summed E-state index contributed by atoms with van der Waals surface area (Å²) in [5, 5.41) is 13.7. The van der Waals surface area contributed by atoms with Crippen LogP contribution in [0.3, 0.4) is 0 Å². The second-order valence-electron chi connectivity index (χ2n) is 5.31. The van der Waals surface area contributed by atoms with Crippen LogP contribution in [0.1, 0.15) is 24.8 Å². The van der Waals surface area contributed by atoms with Gasteiger partial charge in [0, 0.05) is 18.1 Å². The summed E-state index contributed by atoms with van der Waals surface area (Å²) >= 11 is 0. The molecule has 2 N–H and O–H groups in total. The molecule has 3 rings (SSSR count). The van der Waals surface area contributed by atoms with Crippen molar-refractivity contribution < 1.29 is 9.90 Å². The standard InChI is InChI=1S/C16H18N2O2/c19-14-8-2-7-13(14)16(20)18-10-12-5-1-4-11-6-3-9-17-15(11)12/h1,3-6,9,13-14,19H,2,7-8,10H2,(H,18,20). The van der Waals surface area contributed by atoms with Crippen molar-refractivity contribution in [3.63, 3.8) is 0 Å². The number of rotatable bonds is 3. The van der Waals surface area contributed by atoms with Crippen LogP contribution in [0.4, 0.5) is 0 Å². The molecule has 0 aliphatic heterocycles. The molecule has 1 saturated carbocycles. The Labute approximate surface area is 117 Å². The van der Waals surface area contributed by atoms with Gasteiger partial charge < -0.3 is 10.4 Å². The van der Waals surface area contributed by atoms with Crippen LogP contribution in [-0.2, 0) is 11.3 Å². The molecule has 1 aliphatic rings. The maximum atomic E-state index is 12.1. The molecule has 1 heterocycles. The largest absolute Gasteiger partial charge is 0.392 e. The molecule has 1 aliphatic carbocycles. The maximum absolute atomic E-state index is 12.1. The number of fused-ring (bicyclic) bond motifs is 1. The van der Waals surface area contributed by atoms with Crippen LogP contribution < -0.4 is 5.32 Å². The average molecular weight is 270 g/mol. The maximum Gasteiger partial charge on any atom is 0.225 e.